The predicted molar refractivity (Wildman–Crippen MR) is 102 cm³/mol. The number of aromatic nitrogens is 4. The molecule has 1 aliphatic heterocycles. The van der Waals surface area contributed by atoms with Gasteiger partial charge in [-0.3, -0.25) is 4.79 Å². The lowest BCUT2D eigenvalue weighted by Crippen LogP contribution is -2.47. The molecule has 1 amide bonds. The average Bonchev–Trinajstić information content (AvgIpc) is 3.10. The van der Waals surface area contributed by atoms with Gasteiger partial charge < -0.3 is 10.2 Å². The number of piperidine rings is 1. The van der Waals surface area contributed by atoms with Crippen molar-refractivity contribution in [2.24, 2.45) is 0 Å². The molecule has 1 aromatic carbocycles. The number of rotatable bonds is 3. The van der Waals surface area contributed by atoms with Crippen LogP contribution in [0.1, 0.15) is 17.8 Å². The molecule has 1 N–H and O–H groups in total. The van der Waals surface area contributed by atoms with Crippen molar-refractivity contribution >= 4 is 34.0 Å². The molecule has 1 aliphatic rings. The zero-order valence-corrected chi connectivity index (χ0v) is 15.9. The fraction of sp³-hybridized carbons (Fsp3) is 0.389. The number of nitrogens with zero attached hydrogens (tertiary/aromatic N) is 5. The van der Waals surface area contributed by atoms with Gasteiger partial charge in [0.05, 0.1) is 5.52 Å². The highest BCUT2D eigenvalue weighted by atomic mass is 32.1. The lowest BCUT2D eigenvalue weighted by molar-refractivity contribution is -0.130. The largest absolute Gasteiger partial charge is 0.306 e. The van der Waals surface area contributed by atoms with Crippen molar-refractivity contribution in [3.05, 3.63) is 29.3 Å². The molecule has 3 heterocycles. The molecule has 3 aromatic rings. The molecule has 2 aromatic heterocycles. The second kappa shape index (κ2) is 6.90. The number of anilines is 1. The molecule has 140 valence electrons. The van der Waals surface area contributed by atoms with Gasteiger partial charge in [-0.25, -0.2) is 4.39 Å². The van der Waals surface area contributed by atoms with Gasteiger partial charge in [-0.2, -0.15) is 0 Å². The minimum Gasteiger partial charge on any atom is -0.306 e. The van der Waals surface area contributed by atoms with Gasteiger partial charge in [-0.05, 0) is 38.2 Å². The summed E-state index contributed by atoms with van der Waals surface area (Å²) in [4.78, 5) is 14.4. The quantitative estimate of drug-likeness (QED) is 0.745. The van der Waals surface area contributed by atoms with Crippen LogP contribution in [0, 0.1) is 6.92 Å². The number of benzene rings is 1. The Hall–Kier alpha value is -2.52. The van der Waals surface area contributed by atoms with E-state index in [9.17, 15) is 9.18 Å². The number of hydrogen-bond acceptors (Lipinski definition) is 7. The number of carbonyl (C=O) groups excluding carboxylic acids is 1. The molecule has 1 fully saturated rings. The molecule has 0 unspecified atom stereocenters. The van der Waals surface area contributed by atoms with Crippen LogP contribution in [-0.2, 0) is 4.79 Å². The highest BCUT2D eigenvalue weighted by Crippen LogP contribution is 2.29. The number of amides is 1. The smallest absolute Gasteiger partial charge is 0.263 e. The molecule has 0 atom stereocenters. The van der Waals surface area contributed by atoms with Gasteiger partial charge in [0.15, 0.2) is 11.5 Å². The zero-order valence-electron chi connectivity index (χ0n) is 15.1. The van der Waals surface area contributed by atoms with E-state index in [1.807, 2.05) is 37.1 Å². The first-order valence-corrected chi connectivity index (χ1v) is 9.51. The van der Waals surface area contributed by atoms with Gasteiger partial charge in [0.1, 0.15) is 10.0 Å². The first kappa shape index (κ1) is 17.9. The van der Waals surface area contributed by atoms with Crippen LogP contribution in [0.25, 0.3) is 21.5 Å². The van der Waals surface area contributed by atoms with Gasteiger partial charge in [0.2, 0.25) is 0 Å². The summed E-state index contributed by atoms with van der Waals surface area (Å²) < 4.78 is 14.9. The van der Waals surface area contributed by atoms with Crippen LogP contribution in [0.4, 0.5) is 10.2 Å². The number of alkyl halides is 1. The standard InChI is InChI=1S/C18H19FN6OS/c1-11-21-24-16(27-11)12-3-4-14-13(9-12)10-15(23-22-14)20-17(26)18(19)5-7-25(2)8-6-18/h3-4,9-10H,5-8H2,1-2H3,(H,20,23,26). The van der Waals surface area contributed by atoms with Crippen LogP contribution in [-0.4, -0.2) is 57.0 Å². The summed E-state index contributed by atoms with van der Waals surface area (Å²) in [7, 11) is 1.92. The molecule has 0 spiro atoms. The van der Waals surface area contributed by atoms with E-state index < -0.39 is 11.6 Å². The van der Waals surface area contributed by atoms with E-state index in [4.69, 9.17) is 0 Å². The van der Waals surface area contributed by atoms with Crippen LogP contribution in [0.3, 0.4) is 0 Å². The van der Waals surface area contributed by atoms with Crippen LogP contribution in [0.15, 0.2) is 24.3 Å². The summed E-state index contributed by atoms with van der Waals surface area (Å²) in [5.74, 6) is -0.408. The monoisotopic (exact) mass is 386 g/mol. The normalized spacial score (nSPS) is 17.1. The molecular formula is C18H19FN6OS. The van der Waals surface area contributed by atoms with Crippen molar-refractivity contribution in [3.63, 3.8) is 0 Å². The van der Waals surface area contributed by atoms with Crippen molar-refractivity contribution in [1.29, 1.82) is 0 Å². The van der Waals surface area contributed by atoms with Crippen molar-refractivity contribution < 1.29 is 9.18 Å². The fourth-order valence-electron chi connectivity index (χ4n) is 3.08. The molecule has 9 heteroatoms. The Bertz CT molecular complexity index is 998. The lowest BCUT2D eigenvalue weighted by Gasteiger charge is -2.33. The molecule has 1 saturated heterocycles. The maximum absolute atomic E-state index is 14.9. The van der Waals surface area contributed by atoms with E-state index in [-0.39, 0.29) is 18.7 Å². The van der Waals surface area contributed by atoms with Gasteiger partial charge in [0.25, 0.3) is 5.91 Å². The summed E-state index contributed by atoms with van der Waals surface area (Å²) in [6.07, 6.45) is 0.355. The number of aryl methyl sites for hydroxylation is 1. The maximum atomic E-state index is 14.9. The molecule has 0 bridgehead atoms. The zero-order chi connectivity index (χ0) is 19.0. The summed E-state index contributed by atoms with van der Waals surface area (Å²) in [5, 5.41) is 21.4. The fourth-order valence-corrected chi connectivity index (χ4v) is 3.77. The Kier molecular flexibility index (Phi) is 4.56. The summed E-state index contributed by atoms with van der Waals surface area (Å²) >= 11 is 1.50. The molecular weight excluding hydrogens is 367 g/mol. The summed E-state index contributed by atoms with van der Waals surface area (Å²) in [6.45, 7) is 3.01. The highest BCUT2D eigenvalue weighted by molar-refractivity contribution is 7.14. The number of nitrogens with one attached hydrogen (secondary N) is 1. The Balaban J connectivity index is 1.58. The predicted octanol–water partition coefficient (Wildman–Crippen LogP) is 2.83. The second-order valence-electron chi connectivity index (χ2n) is 6.85. The van der Waals surface area contributed by atoms with Crippen molar-refractivity contribution in [2.45, 2.75) is 25.4 Å². The number of carbonyl (C=O) groups is 1. The topological polar surface area (TPSA) is 83.9 Å². The van der Waals surface area contributed by atoms with Crippen LogP contribution < -0.4 is 5.32 Å². The number of fused-ring (bicyclic) bond motifs is 1. The SMILES string of the molecule is Cc1nnc(-c2ccc3nnc(NC(=O)C4(F)CCN(C)CC4)cc3c2)s1. The molecule has 0 aliphatic carbocycles. The second-order valence-corrected chi connectivity index (χ2v) is 8.03. The third kappa shape index (κ3) is 3.65. The van der Waals surface area contributed by atoms with E-state index in [1.54, 1.807) is 6.07 Å². The number of hydrogen-bond donors (Lipinski definition) is 1. The van der Waals surface area contributed by atoms with E-state index in [0.717, 1.165) is 21.0 Å². The van der Waals surface area contributed by atoms with E-state index in [0.29, 0.717) is 18.6 Å². The average molecular weight is 386 g/mol. The summed E-state index contributed by atoms with van der Waals surface area (Å²) in [5.41, 5.74) is -0.266. The molecule has 27 heavy (non-hydrogen) atoms. The first-order chi connectivity index (χ1) is 12.9. The van der Waals surface area contributed by atoms with Gasteiger partial charge in [0, 0.05) is 36.9 Å². The minimum absolute atomic E-state index is 0.177. The van der Waals surface area contributed by atoms with Crippen LogP contribution >= 0.6 is 11.3 Å². The van der Waals surface area contributed by atoms with Crippen LogP contribution in [0.2, 0.25) is 0 Å². The maximum Gasteiger partial charge on any atom is 0.263 e. The van der Waals surface area contributed by atoms with Crippen molar-refractivity contribution in [2.75, 3.05) is 25.5 Å². The van der Waals surface area contributed by atoms with Crippen LogP contribution in [0.5, 0.6) is 0 Å². The lowest BCUT2D eigenvalue weighted by atomic mass is 9.92. The Morgan fingerprint density at radius 2 is 1.96 bits per heavy atom. The van der Waals surface area contributed by atoms with E-state index in [1.165, 1.54) is 11.3 Å². The van der Waals surface area contributed by atoms with Gasteiger partial charge >= 0.3 is 0 Å². The van der Waals surface area contributed by atoms with Crippen molar-refractivity contribution in [3.8, 4) is 10.6 Å². The van der Waals surface area contributed by atoms with E-state index >= 15 is 0 Å². The molecule has 0 radical (unpaired) electrons. The minimum atomic E-state index is -1.87. The Morgan fingerprint density at radius 1 is 1.19 bits per heavy atom. The van der Waals surface area contributed by atoms with E-state index in [2.05, 4.69) is 25.7 Å². The molecule has 0 saturated carbocycles. The third-order valence-electron chi connectivity index (χ3n) is 4.79. The summed E-state index contributed by atoms with van der Waals surface area (Å²) in [6, 6.07) is 7.37. The Labute approximate surface area is 159 Å². The van der Waals surface area contributed by atoms with Crippen molar-refractivity contribution in [1.82, 2.24) is 25.3 Å². The number of likely N-dealkylation sites (tertiary alicyclic amines) is 1. The van der Waals surface area contributed by atoms with Gasteiger partial charge in [-0.1, -0.05) is 11.3 Å². The van der Waals surface area contributed by atoms with Gasteiger partial charge in [-0.15, -0.1) is 20.4 Å². The molecule has 4 rings (SSSR count). The highest BCUT2D eigenvalue weighted by Gasteiger charge is 2.41. The molecule has 7 nitrogen and oxygen atoms in total. The Morgan fingerprint density at radius 3 is 2.67 bits per heavy atom. The third-order valence-corrected chi connectivity index (χ3v) is 5.67. The number of halogens is 1. The first-order valence-electron chi connectivity index (χ1n) is 8.70.